The van der Waals surface area contributed by atoms with Gasteiger partial charge in [-0.15, -0.1) is 0 Å². The molecule has 2 aliphatic heterocycles. The topological polar surface area (TPSA) is 79.3 Å². The van der Waals surface area contributed by atoms with Crippen LogP contribution >= 0.6 is 0 Å². The molecule has 1 fully saturated rings. The van der Waals surface area contributed by atoms with E-state index in [4.69, 9.17) is 9.47 Å². The number of unbranched alkanes of at least 4 members (excludes halogenated alkanes) is 2. The van der Waals surface area contributed by atoms with Gasteiger partial charge in [-0.25, -0.2) is 0 Å². The molecular weight excluding hydrogens is 456 g/mol. The number of rotatable bonds is 14. The Morgan fingerprint density at radius 1 is 1.11 bits per heavy atom. The van der Waals surface area contributed by atoms with Gasteiger partial charge in [0.2, 0.25) is 12.7 Å². The lowest BCUT2D eigenvalue weighted by Gasteiger charge is -2.29. The number of carboxylic acids is 1. The molecule has 36 heavy (non-hydrogen) atoms. The van der Waals surface area contributed by atoms with Gasteiger partial charge < -0.3 is 19.5 Å². The number of amides is 1. The van der Waals surface area contributed by atoms with Crippen LogP contribution in [0.3, 0.4) is 0 Å². The zero-order valence-electron chi connectivity index (χ0n) is 22.5. The van der Waals surface area contributed by atoms with E-state index in [0.717, 1.165) is 57.2 Å². The molecule has 1 N–H and O–H groups in total. The van der Waals surface area contributed by atoms with Crippen LogP contribution in [0.4, 0.5) is 0 Å². The molecule has 1 saturated heterocycles. The maximum absolute atomic E-state index is 13.4. The summed E-state index contributed by atoms with van der Waals surface area (Å²) in [6.07, 6.45) is 8.77. The Balaban J connectivity index is 1.86. The van der Waals surface area contributed by atoms with Crippen molar-refractivity contribution in [2.45, 2.75) is 84.6 Å². The molecule has 0 spiro atoms. The van der Waals surface area contributed by atoms with Gasteiger partial charge in [-0.2, -0.15) is 0 Å². The number of ether oxygens (including phenoxy) is 2. The first kappa shape index (κ1) is 28.0. The molecule has 2 heterocycles. The van der Waals surface area contributed by atoms with Crippen molar-refractivity contribution >= 4 is 11.9 Å². The highest BCUT2D eigenvalue weighted by molar-refractivity contribution is 5.79. The Kier molecular flexibility index (Phi) is 10.7. The summed E-state index contributed by atoms with van der Waals surface area (Å²) in [6.45, 7) is 11.0. The number of hydrogen-bond acceptors (Lipinski definition) is 5. The number of likely N-dealkylation sites (tertiary alicyclic amines) is 1. The van der Waals surface area contributed by atoms with Gasteiger partial charge in [0.05, 0.1) is 12.5 Å². The number of carboxylic acid groups (broad SMARTS) is 1. The average molecular weight is 501 g/mol. The van der Waals surface area contributed by atoms with E-state index in [9.17, 15) is 14.7 Å². The van der Waals surface area contributed by atoms with E-state index < -0.39 is 11.9 Å². The van der Waals surface area contributed by atoms with E-state index >= 15 is 0 Å². The molecule has 7 heteroatoms. The third kappa shape index (κ3) is 7.02. The summed E-state index contributed by atoms with van der Waals surface area (Å²) >= 11 is 0. The maximum Gasteiger partial charge on any atom is 0.308 e. The monoisotopic (exact) mass is 500 g/mol. The molecule has 0 aromatic heterocycles. The first-order valence-electron chi connectivity index (χ1n) is 13.7. The molecule has 3 atom stereocenters. The van der Waals surface area contributed by atoms with E-state index in [2.05, 4.69) is 38.7 Å². The Hall–Kier alpha value is -2.54. The summed E-state index contributed by atoms with van der Waals surface area (Å²) in [6, 6.07) is 5.53. The van der Waals surface area contributed by atoms with Crippen molar-refractivity contribution < 1.29 is 24.2 Å². The fraction of sp³-hybridized carbons (Fsp3) is 0.655. The van der Waals surface area contributed by atoms with Gasteiger partial charge in [0.25, 0.3) is 0 Å². The average Bonchev–Trinajstić information content (AvgIpc) is 3.48. The smallest absolute Gasteiger partial charge is 0.308 e. The molecule has 1 aromatic carbocycles. The Bertz CT molecular complexity index is 907. The second-order valence-electron chi connectivity index (χ2n) is 10.1. The molecule has 0 unspecified atom stereocenters. The van der Waals surface area contributed by atoms with Crippen LogP contribution in [-0.4, -0.2) is 65.8 Å². The zero-order valence-corrected chi connectivity index (χ0v) is 22.5. The molecule has 0 saturated carbocycles. The zero-order chi connectivity index (χ0) is 26.1. The van der Waals surface area contributed by atoms with Crippen molar-refractivity contribution in [2.24, 2.45) is 5.92 Å². The van der Waals surface area contributed by atoms with Gasteiger partial charge in [0, 0.05) is 31.6 Å². The summed E-state index contributed by atoms with van der Waals surface area (Å²) < 4.78 is 11.0. The number of allylic oxidation sites excluding steroid dienone is 2. The van der Waals surface area contributed by atoms with E-state index in [1.165, 1.54) is 5.57 Å². The van der Waals surface area contributed by atoms with Gasteiger partial charge >= 0.3 is 5.97 Å². The minimum atomic E-state index is -0.803. The van der Waals surface area contributed by atoms with Crippen molar-refractivity contribution in [3.05, 3.63) is 35.4 Å². The summed E-state index contributed by atoms with van der Waals surface area (Å²) in [5.74, 6) is -0.149. The summed E-state index contributed by atoms with van der Waals surface area (Å²) in [5, 5.41) is 10.4. The standard InChI is InChI=1S/C29H44N2O5/c1-5-8-15-30(16-9-6-2)27(32)19-31-18-23(22-13-14-25-26(17-22)36-20-35-25)28(29(33)34)24(31)12-10-11-21(4)7-3/h11,13-14,17,23-24,28H,5-10,12,15-16,18-20H2,1-4H3,(H,33,34)/b21-11-/t23-,24+,28-/m1/s1. The highest BCUT2D eigenvalue weighted by Gasteiger charge is 2.47. The first-order chi connectivity index (χ1) is 17.4. The lowest BCUT2D eigenvalue weighted by Crippen LogP contribution is -2.44. The van der Waals surface area contributed by atoms with Gasteiger partial charge in [-0.1, -0.05) is 51.3 Å². The number of carbonyl (C=O) groups excluding carboxylic acids is 1. The van der Waals surface area contributed by atoms with Crippen LogP contribution in [0.5, 0.6) is 11.5 Å². The Morgan fingerprint density at radius 3 is 2.44 bits per heavy atom. The second-order valence-corrected chi connectivity index (χ2v) is 10.1. The molecule has 1 aromatic rings. The van der Waals surface area contributed by atoms with E-state index in [0.29, 0.717) is 24.5 Å². The number of hydrogen-bond donors (Lipinski definition) is 1. The van der Waals surface area contributed by atoms with Gasteiger partial charge in [0.1, 0.15) is 0 Å². The van der Waals surface area contributed by atoms with Crippen LogP contribution in [0.15, 0.2) is 29.8 Å². The number of benzene rings is 1. The van der Waals surface area contributed by atoms with E-state index in [1.54, 1.807) is 0 Å². The third-order valence-electron chi connectivity index (χ3n) is 7.63. The minimum Gasteiger partial charge on any atom is -0.481 e. The van der Waals surface area contributed by atoms with Crippen molar-refractivity contribution in [1.82, 2.24) is 9.80 Å². The lowest BCUT2D eigenvalue weighted by atomic mass is 9.83. The van der Waals surface area contributed by atoms with Crippen molar-refractivity contribution in [3.8, 4) is 11.5 Å². The minimum absolute atomic E-state index is 0.109. The van der Waals surface area contributed by atoms with Crippen LogP contribution in [0.1, 0.15) is 84.1 Å². The number of aliphatic carboxylic acids is 1. The first-order valence-corrected chi connectivity index (χ1v) is 13.7. The predicted octanol–water partition coefficient (Wildman–Crippen LogP) is 5.45. The molecule has 0 bridgehead atoms. The van der Waals surface area contributed by atoms with Crippen molar-refractivity contribution in [2.75, 3.05) is 33.0 Å². The predicted molar refractivity (Wildman–Crippen MR) is 141 cm³/mol. The van der Waals surface area contributed by atoms with E-state index in [1.807, 2.05) is 23.1 Å². The fourth-order valence-electron chi connectivity index (χ4n) is 5.31. The molecule has 2 aliphatic rings. The van der Waals surface area contributed by atoms with Crippen LogP contribution in [0, 0.1) is 5.92 Å². The normalized spacial score (nSPS) is 21.7. The third-order valence-corrected chi connectivity index (χ3v) is 7.63. The Labute approximate surface area is 216 Å². The van der Waals surface area contributed by atoms with E-state index in [-0.39, 0.29) is 31.2 Å². The SMILES string of the molecule is CCCCN(CCCC)C(=O)CN1C[C@H](c2ccc3c(c2)OCO3)[C@@H](C(=O)O)[C@@H]1CC/C=C(/C)CC. The molecule has 0 aliphatic carbocycles. The van der Waals surface area contributed by atoms with Crippen LogP contribution in [-0.2, 0) is 9.59 Å². The highest BCUT2D eigenvalue weighted by atomic mass is 16.7. The number of carbonyl (C=O) groups is 2. The van der Waals surface area contributed by atoms with Gasteiger partial charge in [0.15, 0.2) is 11.5 Å². The van der Waals surface area contributed by atoms with Gasteiger partial charge in [-0.3, -0.25) is 14.5 Å². The lowest BCUT2D eigenvalue weighted by molar-refractivity contribution is -0.143. The molecule has 3 rings (SSSR count). The van der Waals surface area contributed by atoms with Crippen LogP contribution < -0.4 is 9.47 Å². The number of nitrogens with zero attached hydrogens (tertiary/aromatic N) is 2. The van der Waals surface area contributed by atoms with Crippen molar-refractivity contribution in [1.29, 1.82) is 0 Å². The quantitative estimate of drug-likeness (QED) is 0.342. The summed E-state index contributed by atoms with van der Waals surface area (Å²) in [5.41, 5.74) is 2.24. The maximum atomic E-state index is 13.4. The van der Waals surface area contributed by atoms with Crippen LogP contribution in [0.25, 0.3) is 0 Å². The molecule has 200 valence electrons. The summed E-state index contributed by atoms with van der Waals surface area (Å²) in [4.78, 5) is 30.2. The van der Waals surface area contributed by atoms with Crippen molar-refractivity contribution in [3.63, 3.8) is 0 Å². The summed E-state index contributed by atoms with van der Waals surface area (Å²) in [7, 11) is 0. The second kappa shape index (κ2) is 13.7. The fourth-order valence-corrected chi connectivity index (χ4v) is 5.31. The molecule has 1 amide bonds. The molecule has 0 radical (unpaired) electrons. The highest BCUT2D eigenvalue weighted by Crippen LogP contribution is 2.43. The van der Waals surface area contributed by atoms with Crippen LogP contribution in [0.2, 0.25) is 0 Å². The molecule has 7 nitrogen and oxygen atoms in total. The van der Waals surface area contributed by atoms with Gasteiger partial charge in [-0.05, 0) is 56.7 Å². The Morgan fingerprint density at radius 2 is 1.81 bits per heavy atom. The molecular formula is C29H44N2O5. The number of fused-ring (bicyclic) bond motifs is 1. The largest absolute Gasteiger partial charge is 0.481 e.